The van der Waals surface area contributed by atoms with Crippen molar-refractivity contribution in [3.05, 3.63) is 59.7 Å². The van der Waals surface area contributed by atoms with E-state index in [9.17, 15) is 15.6 Å². The Labute approximate surface area is 122 Å². The van der Waals surface area contributed by atoms with Gasteiger partial charge in [-0.05, 0) is 42.0 Å². The molecule has 0 aliphatic carbocycles. The zero-order valence-corrected chi connectivity index (χ0v) is 11.4. The second kappa shape index (κ2) is 6.27. The van der Waals surface area contributed by atoms with E-state index in [1.165, 1.54) is 19.2 Å². The van der Waals surface area contributed by atoms with Crippen molar-refractivity contribution in [1.29, 1.82) is 10.5 Å². The van der Waals surface area contributed by atoms with Gasteiger partial charge >= 0.3 is 0 Å². The van der Waals surface area contributed by atoms with Gasteiger partial charge in [-0.1, -0.05) is 12.1 Å². The second-order valence-corrected chi connectivity index (χ2v) is 4.22. The lowest BCUT2D eigenvalue weighted by molar-refractivity contribution is 0.413. The highest BCUT2D eigenvalue weighted by Crippen LogP contribution is 2.31. The van der Waals surface area contributed by atoms with Crippen LogP contribution in [0.4, 0.5) is 0 Å². The number of aromatic hydroxyl groups is 1. The lowest BCUT2D eigenvalue weighted by atomic mass is 9.95. The topological polar surface area (TPSA) is 77.0 Å². The maximum Gasteiger partial charge on any atom is 0.127 e. The van der Waals surface area contributed by atoms with Crippen molar-refractivity contribution < 1.29 is 9.84 Å². The first-order valence-corrected chi connectivity index (χ1v) is 6.18. The minimum absolute atomic E-state index is 0.104. The van der Waals surface area contributed by atoms with Crippen LogP contribution >= 0.6 is 0 Å². The Morgan fingerprint density at radius 1 is 0.952 bits per heavy atom. The Bertz CT molecular complexity index is 763. The largest absolute Gasteiger partial charge is 0.508 e. The van der Waals surface area contributed by atoms with Crippen molar-refractivity contribution in [2.24, 2.45) is 0 Å². The van der Waals surface area contributed by atoms with Gasteiger partial charge in [0, 0.05) is 5.56 Å². The zero-order chi connectivity index (χ0) is 15.2. The van der Waals surface area contributed by atoms with Gasteiger partial charge in [-0.15, -0.1) is 0 Å². The highest BCUT2D eigenvalue weighted by atomic mass is 16.5. The summed E-state index contributed by atoms with van der Waals surface area (Å²) in [4.78, 5) is 0. The Kier molecular flexibility index (Phi) is 4.23. The quantitative estimate of drug-likeness (QED) is 0.688. The van der Waals surface area contributed by atoms with Crippen LogP contribution in [0.2, 0.25) is 0 Å². The molecule has 0 heterocycles. The average Bonchev–Trinajstić information content (AvgIpc) is 2.53. The van der Waals surface area contributed by atoms with Crippen LogP contribution in [0, 0.1) is 22.7 Å². The van der Waals surface area contributed by atoms with Gasteiger partial charge < -0.3 is 9.84 Å². The molecule has 0 aliphatic rings. The summed E-state index contributed by atoms with van der Waals surface area (Å²) in [5.41, 5.74) is 1.60. The summed E-state index contributed by atoms with van der Waals surface area (Å²) in [6.45, 7) is 0. The van der Waals surface area contributed by atoms with E-state index in [2.05, 4.69) is 12.1 Å². The molecular formula is C17H12N2O2. The molecule has 2 aromatic rings. The maximum absolute atomic E-state index is 9.45. The van der Waals surface area contributed by atoms with Gasteiger partial charge in [0.1, 0.15) is 23.6 Å². The van der Waals surface area contributed by atoms with E-state index in [0.29, 0.717) is 16.9 Å². The molecule has 0 saturated heterocycles. The Balaban J connectivity index is 2.68. The summed E-state index contributed by atoms with van der Waals surface area (Å²) in [5, 5.41) is 28.2. The molecule has 2 aromatic carbocycles. The van der Waals surface area contributed by atoms with Crippen molar-refractivity contribution in [2.75, 3.05) is 7.11 Å². The third-order valence-electron chi connectivity index (χ3n) is 3.01. The van der Waals surface area contributed by atoms with Crippen molar-refractivity contribution in [2.45, 2.75) is 0 Å². The van der Waals surface area contributed by atoms with Crippen LogP contribution in [0.3, 0.4) is 0 Å². The molecule has 0 aliphatic heterocycles. The molecule has 0 saturated carbocycles. The van der Waals surface area contributed by atoms with Crippen LogP contribution in [0.1, 0.15) is 11.1 Å². The first-order chi connectivity index (χ1) is 10.2. The highest BCUT2D eigenvalue weighted by molar-refractivity contribution is 6.03. The molecular weight excluding hydrogens is 264 g/mol. The lowest BCUT2D eigenvalue weighted by Crippen LogP contribution is -1.93. The van der Waals surface area contributed by atoms with E-state index in [1.54, 1.807) is 36.4 Å². The van der Waals surface area contributed by atoms with Crippen molar-refractivity contribution in [1.82, 2.24) is 0 Å². The van der Waals surface area contributed by atoms with E-state index in [1.807, 2.05) is 0 Å². The fourth-order valence-corrected chi connectivity index (χ4v) is 1.99. The molecule has 1 N–H and O–H groups in total. The fourth-order valence-electron chi connectivity index (χ4n) is 1.99. The predicted molar refractivity (Wildman–Crippen MR) is 79.1 cm³/mol. The molecule has 0 fully saturated rings. The minimum Gasteiger partial charge on any atom is -0.508 e. The molecule has 0 bridgehead atoms. The number of allylic oxidation sites excluding steroid dienone is 2. The molecule has 0 aromatic heterocycles. The molecule has 4 nitrogen and oxygen atoms in total. The fraction of sp³-hybridized carbons (Fsp3) is 0.0588. The Morgan fingerprint density at radius 2 is 1.57 bits per heavy atom. The molecule has 102 valence electrons. The SMILES string of the molecule is COc1ccccc1/C(C#N)=C(/C#N)c1ccc(O)cc1. The van der Waals surface area contributed by atoms with Crippen molar-refractivity contribution >= 4 is 11.1 Å². The molecule has 0 spiro atoms. The number of ether oxygens (including phenoxy) is 1. The Morgan fingerprint density at radius 3 is 2.14 bits per heavy atom. The number of hydrogen-bond donors (Lipinski definition) is 1. The third-order valence-corrected chi connectivity index (χ3v) is 3.01. The summed E-state index contributed by atoms with van der Waals surface area (Å²) in [6, 6.07) is 17.3. The number of hydrogen-bond acceptors (Lipinski definition) is 4. The van der Waals surface area contributed by atoms with E-state index in [0.717, 1.165) is 0 Å². The normalized spacial score (nSPS) is 11.0. The van der Waals surface area contributed by atoms with E-state index < -0.39 is 0 Å². The van der Waals surface area contributed by atoms with Crippen LogP contribution in [0.5, 0.6) is 11.5 Å². The van der Waals surface area contributed by atoms with E-state index in [-0.39, 0.29) is 16.9 Å². The van der Waals surface area contributed by atoms with Gasteiger partial charge in [-0.2, -0.15) is 10.5 Å². The number of phenolic OH excluding ortho intramolecular Hbond substituents is 1. The number of rotatable bonds is 3. The van der Waals surface area contributed by atoms with Gasteiger partial charge in [0.2, 0.25) is 0 Å². The second-order valence-electron chi connectivity index (χ2n) is 4.22. The van der Waals surface area contributed by atoms with Crippen LogP contribution < -0.4 is 4.74 Å². The maximum atomic E-state index is 9.45. The number of para-hydroxylation sites is 1. The molecule has 21 heavy (non-hydrogen) atoms. The number of phenols is 1. The summed E-state index contributed by atoms with van der Waals surface area (Å²) >= 11 is 0. The molecule has 0 unspecified atom stereocenters. The van der Waals surface area contributed by atoms with Gasteiger partial charge in [0.15, 0.2) is 0 Å². The summed E-state index contributed by atoms with van der Waals surface area (Å²) in [7, 11) is 1.51. The number of benzene rings is 2. The van der Waals surface area contributed by atoms with E-state index in [4.69, 9.17) is 4.74 Å². The number of methoxy groups -OCH3 is 1. The lowest BCUT2D eigenvalue weighted by Gasteiger charge is -2.09. The van der Waals surface area contributed by atoms with Crippen molar-refractivity contribution in [3.63, 3.8) is 0 Å². The van der Waals surface area contributed by atoms with Gasteiger partial charge in [0.05, 0.1) is 18.3 Å². The molecule has 2 rings (SSSR count). The standard InChI is InChI=1S/C17H12N2O2/c1-21-17-5-3-2-4-14(17)16(11-19)15(10-18)12-6-8-13(20)9-7-12/h2-9,20H,1H3/b16-15-. The van der Waals surface area contributed by atoms with Crippen LogP contribution in [0.25, 0.3) is 11.1 Å². The zero-order valence-electron chi connectivity index (χ0n) is 11.4. The molecule has 0 radical (unpaired) electrons. The van der Waals surface area contributed by atoms with Crippen molar-refractivity contribution in [3.8, 4) is 23.6 Å². The average molecular weight is 276 g/mol. The minimum atomic E-state index is 0.104. The Hall–Kier alpha value is -3.24. The highest BCUT2D eigenvalue weighted by Gasteiger charge is 2.15. The summed E-state index contributed by atoms with van der Waals surface area (Å²) < 4.78 is 5.24. The third kappa shape index (κ3) is 2.86. The number of nitrogens with zero attached hydrogens (tertiary/aromatic N) is 2. The van der Waals surface area contributed by atoms with Gasteiger partial charge in [-0.25, -0.2) is 0 Å². The van der Waals surface area contributed by atoms with Crippen LogP contribution in [-0.4, -0.2) is 12.2 Å². The van der Waals surface area contributed by atoms with Gasteiger partial charge in [-0.3, -0.25) is 0 Å². The van der Waals surface area contributed by atoms with Gasteiger partial charge in [0.25, 0.3) is 0 Å². The first kappa shape index (κ1) is 14.2. The first-order valence-electron chi connectivity index (χ1n) is 6.18. The smallest absolute Gasteiger partial charge is 0.127 e. The molecule has 4 heteroatoms. The monoisotopic (exact) mass is 276 g/mol. The molecule has 0 atom stereocenters. The van der Waals surface area contributed by atoms with Crippen LogP contribution in [0.15, 0.2) is 48.5 Å². The summed E-state index contributed by atoms with van der Waals surface area (Å²) in [5.74, 6) is 0.632. The van der Waals surface area contributed by atoms with Crippen LogP contribution in [-0.2, 0) is 0 Å². The molecule has 0 amide bonds. The van der Waals surface area contributed by atoms with E-state index >= 15 is 0 Å². The predicted octanol–water partition coefficient (Wildman–Crippen LogP) is 3.36. The number of nitriles is 2. The summed E-state index contributed by atoms with van der Waals surface area (Å²) in [6.07, 6.45) is 0.